The summed E-state index contributed by atoms with van der Waals surface area (Å²) in [7, 11) is 0. The van der Waals surface area contributed by atoms with E-state index in [0.717, 1.165) is 32.5 Å². The lowest BCUT2D eigenvalue weighted by Gasteiger charge is -2.17. The molecule has 2 rings (SSSR count). The number of nitrogens with two attached hydrogens (primary N) is 1. The van der Waals surface area contributed by atoms with Crippen molar-refractivity contribution in [1.82, 2.24) is 5.43 Å². The van der Waals surface area contributed by atoms with Crippen LogP contribution in [0.3, 0.4) is 0 Å². The number of ether oxygens (including phenoxy) is 1. The largest absolute Gasteiger partial charge is 0.382 e. The fraction of sp³-hybridized carbons (Fsp3) is 0.412. The lowest BCUT2D eigenvalue weighted by Crippen LogP contribution is -2.37. The molecule has 1 atom stereocenters. The number of rotatable bonds is 8. The second-order valence-electron chi connectivity index (χ2n) is 5.05. The molecule has 108 valence electrons. The Kier molecular flexibility index (Phi) is 5.99. The summed E-state index contributed by atoms with van der Waals surface area (Å²) in [6.07, 6.45) is 3.01. The summed E-state index contributed by atoms with van der Waals surface area (Å²) < 4.78 is 5.38. The van der Waals surface area contributed by atoms with Crippen LogP contribution >= 0.6 is 0 Å². The van der Waals surface area contributed by atoms with E-state index < -0.39 is 0 Å². The van der Waals surface area contributed by atoms with Gasteiger partial charge in [0.1, 0.15) is 0 Å². The molecule has 0 aliphatic rings. The van der Waals surface area contributed by atoms with Crippen LogP contribution in [0.4, 0.5) is 0 Å². The second-order valence-corrected chi connectivity index (χ2v) is 5.05. The van der Waals surface area contributed by atoms with Crippen molar-refractivity contribution >= 4 is 10.8 Å². The van der Waals surface area contributed by atoms with Crippen molar-refractivity contribution < 1.29 is 4.74 Å². The van der Waals surface area contributed by atoms with Crippen molar-refractivity contribution in [2.45, 2.75) is 32.2 Å². The van der Waals surface area contributed by atoms with Gasteiger partial charge in [0.05, 0.1) is 0 Å². The van der Waals surface area contributed by atoms with E-state index in [-0.39, 0.29) is 0 Å². The summed E-state index contributed by atoms with van der Waals surface area (Å²) in [6, 6.07) is 15.2. The quantitative estimate of drug-likeness (QED) is 0.441. The first-order chi connectivity index (χ1) is 9.85. The van der Waals surface area contributed by atoms with E-state index >= 15 is 0 Å². The summed E-state index contributed by atoms with van der Waals surface area (Å²) >= 11 is 0. The van der Waals surface area contributed by atoms with E-state index in [1.165, 1.54) is 16.3 Å². The Hall–Kier alpha value is -1.42. The van der Waals surface area contributed by atoms with Gasteiger partial charge >= 0.3 is 0 Å². The standard InChI is InChI=1S/C17H24N2O/c1-2-20-12-6-10-16(19-18)13-15-9-5-8-14-7-3-4-11-17(14)15/h3-5,7-9,11,16,19H,2,6,10,12-13,18H2,1H3. The minimum atomic E-state index is 0.293. The number of nitrogens with one attached hydrogen (secondary N) is 1. The van der Waals surface area contributed by atoms with Gasteiger partial charge in [0.25, 0.3) is 0 Å². The third-order valence-electron chi connectivity index (χ3n) is 3.63. The zero-order chi connectivity index (χ0) is 14.2. The molecule has 1 unspecified atom stereocenters. The molecule has 0 amide bonds. The molecule has 0 saturated carbocycles. The van der Waals surface area contributed by atoms with E-state index in [2.05, 4.69) is 47.9 Å². The number of fused-ring (bicyclic) bond motifs is 1. The summed E-state index contributed by atoms with van der Waals surface area (Å²) in [6.45, 7) is 3.61. The third-order valence-corrected chi connectivity index (χ3v) is 3.63. The Morgan fingerprint density at radius 1 is 1.15 bits per heavy atom. The predicted octanol–water partition coefficient (Wildman–Crippen LogP) is 3.03. The number of hydrazine groups is 1. The molecule has 0 aromatic heterocycles. The second kappa shape index (κ2) is 8.00. The van der Waals surface area contributed by atoms with E-state index in [4.69, 9.17) is 10.6 Å². The zero-order valence-electron chi connectivity index (χ0n) is 12.1. The maximum atomic E-state index is 5.69. The van der Waals surface area contributed by atoms with Crippen LogP contribution in [0.25, 0.3) is 10.8 Å². The van der Waals surface area contributed by atoms with E-state index in [9.17, 15) is 0 Å². The molecule has 2 aromatic rings. The summed E-state index contributed by atoms with van der Waals surface area (Å²) in [5.74, 6) is 5.69. The molecule has 0 saturated heterocycles. The van der Waals surface area contributed by atoms with Gasteiger partial charge in [-0.25, -0.2) is 0 Å². The summed E-state index contributed by atoms with van der Waals surface area (Å²) in [4.78, 5) is 0. The average Bonchev–Trinajstić information content (AvgIpc) is 2.50. The van der Waals surface area contributed by atoms with Gasteiger partial charge in [-0.1, -0.05) is 42.5 Å². The van der Waals surface area contributed by atoms with Crippen LogP contribution < -0.4 is 11.3 Å². The van der Waals surface area contributed by atoms with Gasteiger partial charge in [-0.05, 0) is 42.5 Å². The van der Waals surface area contributed by atoms with Gasteiger partial charge in [-0.15, -0.1) is 0 Å². The van der Waals surface area contributed by atoms with Crippen molar-refractivity contribution in [3.63, 3.8) is 0 Å². The smallest absolute Gasteiger partial charge is 0.0466 e. The summed E-state index contributed by atoms with van der Waals surface area (Å²) in [5, 5.41) is 2.61. The number of benzene rings is 2. The Morgan fingerprint density at radius 3 is 2.75 bits per heavy atom. The van der Waals surface area contributed by atoms with Gasteiger partial charge in [-0.3, -0.25) is 11.3 Å². The molecule has 0 bridgehead atoms. The van der Waals surface area contributed by atoms with Gasteiger partial charge in [0.2, 0.25) is 0 Å². The number of hydrogen-bond acceptors (Lipinski definition) is 3. The maximum Gasteiger partial charge on any atom is 0.0466 e. The molecule has 0 heterocycles. The molecule has 0 spiro atoms. The molecule has 3 heteroatoms. The highest BCUT2D eigenvalue weighted by Gasteiger charge is 2.09. The minimum absolute atomic E-state index is 0.293. The van der Waals surface area contributed by atoms with E-state index in [1.807, 2.05) is 6.92 Å². The molecule has 3 nitrogen and oxygen atoms in total. The Labute approximate surface area is 121 Å². The highest BCUT2D eigenvalue weighted by molar-refractivity contribution is 5.85. The van der Waals surface area contributed by atoms with E-state index in [0.29, 0.717) is 6.04 Å². The average molecular weight is 272 g/mol. The first-order valence-electron chi connectivity index (χ1n) is 7.35. The first-order valence-corrected chi connectivity index (χ1v) is 7.35. The molecule has 0 fully saturated rings. The topological polar surface area (TPSA) is 47.3 Å². The van der Waals surface area contributed by atoms with Gasteiger partial charge in [-0.2, -0.15) is 0 Å². The highest BCUT2D eigenvalue weighted by atomic mass is 16.5. The van der Waals surface area contributed by atoms with Gasteiger partial charge in [0.15, 0.2) is 0 Å². The fourth-order valence-corrected chi connectivity index (χ4v) is 2.56. The highest BCUT2D eigenvalue weighted by Crippen LogP contribution is 2.20. The van der Waals surface area contributed by atoms with E-state index in [1.54, 1.807) is 0 Å². The molecular formula is C17H24N2O. The third kappa shape index (κ3) is 4.04. The maximum absolute atomic E-state index is 5.69. The van der Waals surface area contributed by atoms with Crippen LogP contribution in [-0.2, 0) is 11.2 Å². The first kappa shape index (κ1) is 15.0. The molecular weight excluding hydrogens is 248 g/mol. The molecule has 3 N–H and O–H groups in total. The Morgan fingerprint density at radius 2 is 1.95 bits per heavy atom. The van der Waals surface area contributed by atoms with Crippen molar-refractivity contribution in [3.8, 4) is 0 Å². The van der Waals surface area contributed by atoms with Gasteiger partial charge < -0.3 is 4.74 Å². The SMILES string of the molecule is CCOCCCC(Cc1cccc2ccccc12)NN. The van der Waals surface area contributed by atoms with Crippen LogP contribution in [0.2, 0.25) is 0 Å². The minimum Gasteiger partial charge on any atom is -0.382 e. The van der Waals surface area contributed by atoms with Crippen LogP contribution in [0, 0.1) is 0 Å². The monoisotopic (exact) mass is 272 g/mol. The van der Waals surface area contributed by atoms with Crippen LogP contribution in [0.15, 0.2) is 42.5 Å². The van der Waals surface area contributed by atoms with Gasteiger partial charge in [0, 0.05) is 19.3 Å². The lowest BCUT2D eigenvalue weighted by molar-refractivity contribution is 0.140. The molecule has 2 aromatic carbocycles. The Bertz CT molecular complexity index is 522. The lowest BCUT2D eigenvalue weighted by atomic mass is 9.97. The zero-order valence-corrected chi connectivity index (χ0v) is 12.1. The normalized spacial score (nSPS) is 12.7. The Balaban J connectivity index is 2.02. The summed E-state index contributed by atoms with van der Waals surface area (Å²) in [5.41, 5.74) is 4.29. The predicted molar refractivity (Wildman–Crippen MR) is 84.5 cm³/mol. The fourth-order valence-electron chi connectivity index (χ4n) is 2.56. The molecule has 0 aliphatic carbocycles. The molecule has 0 radical (unpaired) electrons. The van der Waals surface area contributed by atoms with Crippen molar-refractivity contribution in [2.24, 2.45) is 5.84 Å². The van der Waals surface area contributed by atoms with Crippen LogP contribution in [0.1, 0.15) is 25.3 Å². The van der Waals surface area contributed by atoms with Crippen molar-refractivity contribution in [1.29, 1.82) is 0 Å². The molecule has 20 heavy (non-hydrogen) atoms. The van der Waals surface area contributed by atoms with Crippen molar-refractivity contribution in [3.05, 3.63) is 48.0 Å². The van der Waals surface area contributed by atoms with Crippen LogP contribution in [0.5, 0.6) is 0 Å². The number of hydrogen-bond donors (Lipinski definition) is 2. The molecule has 0 aliphatic heterocycles. The van der Waals surface area contributed by atoms with Crippen molar-refractivity contribution in [2.75, 3.05) is 13.2 Å². The van der Waals surface area contributed by atoms with Crippen LogP contribution in [-0.4, -0.2) is 19.3 Å².